The SMILES string of the molecule is C=C1Sc2c(nc(N)[nH]c2=O)N1[C@]1(C)O[C@H](CO)[C@H](F)[C@H]1O.C[C@@]1(n2c(=O)sc3cnc(N)nc32)O[C@H](CO)[C@H](F)[C@H]1O. The van der Waals surface area contributed by atoms with E-state index in [1.54, 1.807) is 0 Å². The zero-order valence-corrected chi connectivity index (χ0v) is 24.2. The fourth-order valence-electron chi connectivity index (χ4n) is 5.20. The van der Waals surface area contributed by atoms with Gasteiger partial charge in [0.05, 0.1) is 29.1 Å². The summed E-state index contributed by atoms with van der Waals surface area (Å²) in [5.41, 5.74) is 7.52. The van der Waals surface area contributed by atoms with Gasteiger partial charge in [0.1, 0.15) is 29.3 Å². The molecule has 3 aromatic rings. The number of H-pyrrole nitrogens is 1. The van der Waals surface area contributed by atoms with Gasteiger partial charge < -0.3 is 41.4 Å². The van der Waals surface area contributed by atoms with Crippen LogP contribution in [-0.2, 0) is 15.2 Å². The van der Waals surface area contributed by atoms with Crippen molar-refractivity contribution in [2.24, 2.45) is 0 Å². The third kappa shape index (κ3) is 4.86. The van der Waals surface area contributed by atoms with Crippen LogP contribution in [0.3, 0.4) is 0 Å². The molecule has 2 fully saturated rings. The summed E-state index contributed by atoms with van der Waals surface area (Å²) < 4.78 is 40.4. The third-order valence-corrected chi connectivity index (χ3v) is 9.20. The Balaban J connectivity index is 0.000000171. The van der Waals surface area contributed by atoms with Crippen molar-refractivity contribution in [1.82, 2.24) is 24.5 Å². The molecule has 0 bridgehead atoms. The lowest BCUT2D eigenvalue weighted by atomic mass is 10.0. The first-order valence-electron chi connectivity index (χ1n) is 12.6. The molecular weight excluding hydrogens is 618 g/mol. The smallest absolute Gasteiger partial charge is 0.311 e. The average molecular weight is 647 g/mol. The van der Waals surface area contributed by atoms with Crippen molar-refractivity contribution < 1.29 is 38.7 Å². The minimum atomic E-state index is -1.82. The van der Waals surface area contributed by atoms with Gasteiger partial charge in [0.15, 0.2) is 35.3 Å². The van der Waals surface area contributed by atoms with Crippen LogP contribution >= 0.6 is 23.1 Å². The Morgan fingerprint density at radius 1 is 1.07 bits per heavy atom. The number of hydrogen-bond acceptors (Lipinski definition) is 16. The van der Waals surface area contributed by atoms with E-state index in [-0.39, 0.29) is 28.3 Å². The van der Waals surface area contributed by atoms with E-state index in [2.05, 4.69) is 26.5 Å². The summed E-state index contributed by atoms with van der Waals surface area (Å²) in [5.74, 6) is -0.0279. The number of rotatable bonds is 4. The molecule has 0 unspecified atom stereocenters. The number of nitrogens with two attached hydrogens (primary N) is 2. The summed E-state index contributed by atoms with van der Waals surface area (Å²) in [6, 6.07) is 0. The molecule has 234 valence electrons. The number of aliphatic hydroxyl groups excluding tert-OH is 4. The highest BCUT2D eigenvalue weighted by Crippen LogP contribution is 2.50. The molecule has 20 heteroatoms. The van der Waals surface area contributed by atoms with Gasteiger partial charge in [-0.1, -0.05) is 29.7 Å². The van der Waals surface area contributed by atoms with E-state index in [1.165, 1.54) is 24.9 Å². The maximum atomic E-state index is 14.1. The Labute approximate surface area is 248 Å². The first kappa shape index (κ1) is 31.2. The number of thiazole rings is 1. The topological polar surface area (TPSA) is 248 Å². The molecule has 0 amide bonds. The van der Waals surface area contributed by atoms with Crippen molar-refractivity contribution in [2.75, 3.05) is 29.6 Å². The number of thioether (sulfide) groups is 1. The van der Waals surface area contributed by atoms with Crippen LogP contribution in [0.15, 0.2) is 32.3 Å². The van der Waals surface area contributed by atoms with Crippen LogP contribution in [-0.4, -0.2) is 101 Å². The van der Waals surface area contributed by atoms with Gasteiger partial charge in [-0.15, -0.1) is 0 Å². The Kier molecular flexibility index (Phi) is 8.01. The number of nitrogen functional groups attached to an aromatic ring is 2. The largest absolute Gasteiger partial charge is 0.394 e. The van der Waals surface area contributed by atoms with E-state index in [1.807, 2.05) is 0 Å². The second-order valence-electron chi connectivity index (χ2n) is 10.1. The lowest BCUT2D eigenvalue weighted by Gasteiger charge is -2.38. The van der Waals surface area contributed by atoms with Gasteiger partial charge in [-0.05, 0) is 13.8 Å². The number of alkyl halides is 2. The zero-order valence-electron chi connectivity index (χ0n) is 22.5. The van der Waals surface area contributed by atoms with Crippen molar-refractivity contribution in [1.29, 1.82) is 0 Å². The molecule has 0 aromatic carbocycles. The van der Waals surface area contributed by atoms with Gasteiger partial charge in [0.25, 0.3) is 5.56 Å². The Bertz CT molecular complexity index is 1690. The molecule has 6 heterocycles. The van der Waals surface area contributed by atoms with Gasteiger partial charge in [-0.3, -0.25) is 24.0 Å². The molecule has 0 radical (unpaired) electrons. The number of aromatic amines is 1. The highest BCUT2D eigenvalue weighted by atomic mass is 32.2. The number of anilines is 3. The number of aliphatic hydroxyl groups is 4. The molecule has 3 aromatic heterocycles. The normalized spacial score (nSPS) is 33.6. The maximum Gasteiger partial charge on any atom is 0.311 e. The molecule has 8 atom stereocenters. The quantitative estimate of drug-likeness (QED) is 0.175. The number of nitrogens with zero attached hydrogens (tertiary/aromatic N) is 5. The standard InChI is InChI=1S/C12H15FN4O4S.C11H13FN4O4S/c1-4-17(9-7(22-4)10(20)16-11(14)15-9)12(2)8(19)6(13)5(3-18)21-12;1-11(7(18)6(12)4(3-17)20-11)16-8-5(21-10(16)19)2-14-9(13)15-8/h5-6,8,18-19H,1,3H2,2H3,(H3,14,15,16,20);2,4,6-7,17-18H,3H2,1H3,(H2,13,14,15)/t5-,6+,8-,12-;4-,6+,7-,11-/m11/s1. The maximum absolute atomic E-state index is 14.1. The monoisotopic (exact) mass is 646 g/mol. The summed E-state index contributed by atoms with van der Waals surface area (Å²) >= 11 is 1.86. The predicted octanol–water partition coefficient (Wildman–Crippen LogP) is -1.26. The van der Waals surface area contributed by atoms with Crippen molar-refractivity contribution in [3.8, 4) is 0 Å². The second-order valence-corrected chi connectivity index (χ2v) is 12.2. The van der Waals surface area contributed by atoms with Gasteiger partial charge in [0, 0.05) is 0 Å². The molecule has 43 heavy (non-hydrogen) atoms. The first-order chi connectivity index (χ1) is 20.2. The minimum Gasteiger partial charge on any atom is -0.394 e. The second kappa shape index (κ2) is 11.0. The Morgan fingerprint density at radius 2 is 1.65 bits per heavy atom. The third-order valence-electron chi connectivity index (χ3n) is 7.34. The molecule has 16 nitrogen and oxygen atoms in total. The van der Waals surface area contributed by atoms with Crippen LogP contribution < -0.4 is 26.8 Å². The lowest BCUT2D eigenvalue weighted by Crippen LogP contribution is -2.53. The van der Waals surface area contributed by atoms with Gasteiger partial charge >= 0.3 is 4.87 Å². The number of fused-ring (bicyclic) bond motifs is 2. The summed E-state index contributed by atoms with van der Waals surface area (Å²) in [7, 11) is 0. The molecule has 2 saturated heterocycles. The number of nitrogens with one attached hydrogen (secondary N) is 1. The van der Waals surface area contributed by atoms with Crippen LogP contribution in [0.4, 0.5) is 26.5 Å². The summed E-state index contributed by atoms with van der Waals surface area (Å²) in [5, 5.41) is 38.9. The number of aromatic nitrogens is 5. The van der Waals surface area contributed by atoms with Crippen molar-refractivity contribution in [3.63, 3.8) is 0 Å². The molecule has 6 rings (SSSR count). The van der Waals surface area contributed by atoms with E-state index in [0.717, 1.165) is 27.7 Å². The molecule has 9 N–H and O–H groups in total. The molecule has 3 aliphatic heterocycles. The van der Waals surface area contributed by atoms with Crippen molar-refractivity contribution in [2.45, 2.75) is 67.0 Å². The van der Waals surface area contributed by atoms with Gasteiger partial charge in [-0.2, -0.15) is 9.97 Å². The van der Waals surface area contributed by atoms with Crippen LogP contribution in [0, 0.1) is 0 Å². The number of ether oxygens (including phenoxy) is 2. The average Bonchev–Trinajstić information content (AvgIpc) is 3.61. The first-order valence-corrected chi connectivity index (χ1v) is 14.2. The van der Waals surface area contributed by atoms with E-state index in [0.29, 0.717) is 9.73 Å². The van der Waals surface area contributed by atoms with Crippen LogP contribution in [0.1, 0.15) is 13.8 Å². The van der Waals surface area contributed by atoms with Crippen LogP contribution in [0.5, 0.6) is 0 Å². The van der Waals surface area contributed by atoms with E-state index in [4.69, 9.17) is 31.2 Å². The molecular formula is C23H28F2N8O8S2. The van der Waals surface area contributed by atoms with E-state index < -0.39 is 71.9 Å². The lowest BCUT2D eigenvalue weighted by molar-refractivity contribution is -0.133. The molecule has 0 saturated carbocycles. The molecule has 0 spiro atoms. The fourth-order valence-corrected chi connectivity index (χ4v) is 7.05. The Morgan fingerprint density at radius 3 is 2.23 bits per heavy atom. The van der Waals surface area contributed by atoms with E-state index in [9.17, 15) is 28.6 Å². The highest BCUT2D eigenvalue weighted by molar-refractivity contribution is 8.03. The van der Waals surface area contributed by atoms with Crippen molar-refractivity contribution in [3.05, 3.63) is 37.8 Å². The van der Waals surface area contributed by atoms with E-state index >= 15 is 0 Å². The summed E-state index contributed by atoms with van der Waals surface area (Å²) in [6.45, 7) is 5.42. The Hall–Kier alpha value is -3.24. The van der Waals surface area contributed by atoms with Crippen LogP contribution in [0.25, 0.3) is 10.3 Å². The molecule has 3 aliphatic rings. The fraction of sp³-hybridized carbons (Fsp3) is 0.522. The number of halogens is 2. The molecule has 0 aliphatic carbocycles. The van der Waals surface area contributed by atoms with Crippen LogP contribution in [0.2, 0.25) is 0 Å². The number of hydrogen-bond donors (Lipinski definition) is 7. The van der Waals surface area contributed by atoms with Gasteiger partial charge in [0.2, 0.25) is 11.9 Å². The van der Waals surface area contributed by atoms with Gasteiger partial charge in [-0.25, -0.2) is 13.8 Å². The minimum absolute atomic E-state index is 0.0550. The summed E-state index contributed by atoms with van der Waals surface area (Å²) in [4.78, 5) is 39.3. The highest BCUT2D eigenvalue weighted by Gasteiger charge is 2.58. The van der Waals surface area contributed by atoms with Crippen molar-refractivity contribution >= 4 is 51.2 Å². The predicted molar refractivity (Wildman–Crippen MR) is 151 cm³/mol. The zero-order chi connectivity index (χ0) is 31.6. The summed E-state index contributed by atoms with van der Waals surface area (Å²) in [6.07, 6.45) is -7.80.